The van der Waals surface area contributed by atoms with Crippen LogP contribution in [0.2, 0.25) is 10.0 Å². The van der Waals surface area contributed by atoms with Gasteiger partial charge in [-0.05, 0) is 59.9 Å². The number of imide groups is 2. The van der Waals surface area contributed by atoms with Crippen molar-refractivity contribution < 1.29 is 19.2 Å². The molecule has 0 unspecified atom stereocenters. The third-order valence-electron chi connectivity index (χ3n) is 9.76. The van der Waals surface area contributed by atoms with Crippen molar-refractivity contribution in [1.29, 1.82) is 0 Å². The number of halogens is 2. The molecule has 42 heavy (non-hydrogen) atoms. The van der Waals surface area contributed by atoms with Crippen molar-refractivity contribution in [1.82, 2.24) is 0 Å². The van der Waals surface area contributed by atoms with Gasteiger partial charge in [0.15, 0.2) is 0 Å². The van der Waals surface area contributed by atoms with Crippen LogP contribution in [0, 0.1) is 41.4 Å². The highest BCUT2D eigenvalue weighted by Gasteiger charge is 2.67. The van der Waals surface area contributed by atoms with Gasteiger partial charge in [0.2, 0.25) is 23.6 Å². The summed E-state index contributed by atoms with van der Waals surface area (Å²) in [5, 5.41) is 0.872. The molecule has 3 aromatic carbocycles. The molecule has 0 aromatic heterocycles. The molecule has 8 heteroatoms. The summed E-state index contributed by atoms with van der Waals surface area (Å²) in [6.45, 7) is 0. The quantitative estimate of drug-likeness (QED) is 0.267. The van der Waals surface area contributed by atoms with Gasteiger partial charge in [-0.25, -0.2) is 9.80 Å². The first-order valence-electron chi connectivity index (χ1n) is 14.1. The van der Waals surface area contributed by atoms with Crippen LogP contribution in [-0.4, -0.2) is 23.6 Å². The summed E-state index contributed by atoms with van der Waals surface area (Å²) in [4.78, 5) is 58.9. The highest BCUT2D eigenvalue weighted by atomic mass is 35.5. The van der Waals surface area contributed by atoms with Crippen LogP contribution in [0.1, 0.15) is 12.0 Å². The molecule has 0 radical (unpaired) electrons. The second kappa shape index (κ2) is 9.25. The second-order valence-electron chi connectivity index (χ2n) is 11.7. The molecule has 4 aliphatic carbocycles. The fraction of sp³-hybridized carbons (Fsp3) is 0.235. The Morgan fingerprint density at radius 3 is 1.83 bits per heavy atom. The van der Waals surface area contributed by atoms with E-state index in [2.05, 4.69) is 0 Å². The minimum atomic E-state index is -0.638. The predicted octanol–water partition coefficient (Wildman–Crippen LogP) is 6.19. The number of amides is 4. The van der Waals surface area contributed by atoms with Crippen LogP contribution in [0.15, 0.2) is 96.6 Å². The molecule has 2 aliphatic heterocycles. The van der Waals surface area contributed by atoms with Gasteiger partial charge in [-0.15, -0.1) is 0 Å². The summed E-state index contributed by atoms with van der Waals surface area (Å²) in [6.07, 6.45) is 4.44. The lowest BCUT2D eigenvalue weighted by Gasteiger charge is -2.51. The van der Waals surface area contributed by atoms with Gasteiger partial charge in [-0.2, -0.15) is 0 Å². The van der Waals surface area contributed by atoms with Crippen LogP contribution in [0.4, 0.5) is 11.4 Å². The normalized spacial score (nSPS) is 31.1. The Labute approximate surface area is 252 Å². The second-order valence-corrected chi connectivity index (χ2v) is 12.6. The van der Waals surface area contributed by atoms with E-state index in [0.717, 1.165) is 16.7 Å². The zero-order chi connectivity index (χ0) is 28.9. The van der Waals surface area contributed by atoms with E-state index in [1.54, 1.807) is 48.5 Å². The van der Waals surface area contributed by atoms with Gasteiger partial charge in [0.05, 0.1) is 35.0 Å². The van der Waals surface area contributed by atoms with Crippen LogP contribution >= 0.6 is 23.2 Å². The summed E-state index contributed by atoms with van der Waals surface area (Å²) in [6, 6.07) is 23.4. The van der Waals surface area contributed by atoms with E-state index in [0.29, 0.717) is 27.8 Å². The first-order chi connectivity index (χ1) is 20.3. The van der Waals surface area contributed by atoms with E-state index < -0.39 is 29.6 Å². The Hall–Kier alpha value is -4.00. The number of nitrogens with zero attached hydrogens (tertiary/aromatic N) is 2. The number of benzene rings is 3. The molecule has 1 saturated carbocycles. The maximum Gasteiger partial charge on any atom is 0.238 e. The highest BCUT2D eigenvalue weighted by molar-refractivity contribution is 6.32. The molecular formula is C34H24Cl2N2O4. The van der Waals surface area contributed by atoms with Gasteiger partial charge in [-0.3, -0.25) is 19.2 Å². The third-order valence-corrected chi connectivity index (χ3v) is 10.2. The number of hydrogen-bond acceptors (Lipinski definition) is 4. The minimum absolute atomic E-state index is 0.249. The Morgan fingerprint density at radius 1 is 0.595 bits per heavy atom. The minimum Gasteiger partial charge on any atom is -0.274 e. The van der Waals surface area contributed by atoms with Crippen LogP contribution in [0.5, 0.6) is 0 Å². The zero-order valence-corrected chi connectivity index (χ0v) is 23.7. The third kappa shape index (κ3) is 3.45. The monoisotopic (exact) mass is 594 g/mol. The first-order valence-corrected chi connectivity index (χ1v) is 14.8. The molecule has 3 aromatic rings. The van der Waals surface area contributed by atoms with Gasteiger partial charge in [0, 0.05) is 21.9 Å². The van der Waals surface area contributed by atoms with Gasteiger partial charge in [0.1, 0.15) is 0 Å². The molecule has 0 N–H and O–H groups in total. The smallest absolute Gasteiger partial charge is 0.238 e. The molecule has 6 nitrogen and oxygen atoms in total. The standard InChI is InChI=1S/C34H24Cl2N2O4/c35-18-8-4-10-20(14-18)37-31(39)25-16-24(17-6-2-1-3-7-17)26-22-12-13-23(27(26)30(25)34(37)42)29-28(22)32(40)38(33(29)41)21-11-5-9-19(36)15-21/h1-15,22-23,25,27-30H,16H2/t22-,23-,25+,27-,28+,29+,30-/m0/s1. The molecule has 2 heterocycles. The van der Waals surface area contributed by atoms with Crippen LogP contribution in [-0.2, 0) is 19.2 Å². The summed E-state index contributed by atoms with van der Waals surface area (Å²) in [5.74, 6) is -4.63. The maximum atomic E-state index is 14.2. The number of allylic oxidation sites excluding steroid dienone is 4. The number of anilines is 2. The molecule has 208 valence electrons. The van der Waals surface area contributed by atoms with E-state index in [1.165, 1.54) is 9.80 Å². The van der Waals surface area contributed by atoms with Crippen LogP contribution in [0.3, 0.4) is 0 Å². The van der Waals surface area contributed by atoms with E-state index in [-0.39, 0.29) is 35.5 Å². The lowest BCUT2D eigenvalue weighted by Crippen LogP contribution is -2.51. The van der Waals surface area contributed by atoms with E-state index in [9.17, 15) is 19.2 Å². The molecule has 7 atom stereocenters. The number of rotatable bonds is 3. The van der Waals surface area contributed by atoms with Gasteiger partial charge >= 0.3 is 0 Å². The molecular weight excluding hydrogens is 571 g/mol. The van der Waals surface area contributed by atoms with Crippen molar-refractivity contribution in [3.63, 3.8) is 0 Å². The Kier molecular flexibility index (Phi) is 5.66. The Morgan fingerprint density at radius 2 is 1.19 bits per heavy atom. The molecule has 0 spiro atoms. The van der Waals surface area contributed by atoms with Crippen LogP contribution < -0.4 is 9.80 Å². The number of fused-ring (bicyclic) bond motifs is 1. The summed E-state index contributed by atoms with van der Waals surface area (Å²) < 4.78 is 0. The fourth-order valence-corrected chi connectivity index (χ4v) is 8.62. The summed E-state index contributed by atoms with van der Waals surface area (Å²) in [5.41, 5.74) is 3.87. The topological polar surface area (TPSA) is 74.8 Å². The van der Waals surface area contributed by atoms with Crippen molar-refractivity contribution in [2.24, 2.45) is 41.4 Å². The van der Waals surface area contributed by atoms with Gasteiger partial charge in [0.25, 0.3) is 0 Å². The Balaban J connectivity index is 1.29. The average Bonchev–Trinajstić information content (AvgIpc) is 3.42. The largest absolute Gasteiger partial charge is 0.274 e. The van der Waals surface area contributed by atoms with Crippen LogP contribution in [0.25, 0.3) is 5.57 Å². The van der Waals surface area contributed by atoms with E-state index in [1.807, 2.05) is 42.5 Å². The molecule has 2 bridgehead atoms. The van der Waals surface area contributed by atoms with Gasteiger partial charge < -0.3 is 0 Å². The predicted molar refractivity (Wildman–Crippen MR) is 159 cm³/mol. The highest BCUT2D eigenvalue weighted by Crippen LogP contribution is 2.63. The average molecular weight is 595 g/mol. The van der Waals surface area contributed by atoms with Gasteiger partial charge in [-0.1, -0.05) is 83.4 Å². The van der Waals surface area contributed by atoms with Crippen molar-refractivity contribution in [3.8, 4) is 0 Å². The number of hydrogen-bond donors (Lipinski definition) is 0. The first kappa shape index (κ1) is 25.7. The SMILES string of the molecule is O=C1[C@@H]2[C@H]3C=C[C@@H](C4=C(c5ccccc5)C[C@H]5C(=O)N(c6cccc(Cl)c6)C(=O)[C@@H]5[C@H]43)[C@H]2C(=O)N1c1cccc(Cl)c1. The Bertz CT molecular complexity index is 1780. The molecule has 2 saturated heterocycles. The van der Waals surface area contributed by atoms with E-state index >= 15 is 0 Å². The van der Waals surface area contributed by atoms with Crippen molar-refractivity contribution in [3.05, 3.63) is 112 Å². The fourth-order valence-electron chi connectivity index (χ4n) is 8.26. The maximum absolute atomic E-state index is 14.2. The number of carbonyl (C=O) groups excluding carboxylic acids is 4. The zero-order valence-electron chi connectivity index (χ0n) is 22.2. The lowest BCUT2D eigenvalue weighted by molar-refractivity contribution is -0.129. The molecule has 4 amide bonds. The molecule has 6 aliphatic rings. The van der Waals surface area contributed by atoms with E-state index in [4.69, 9.17) is 23.2 Å². The van der Waals surface area contributed by atoms with Crippen molar-refractivity contribution >= 4 is 63.8 Å². The summed E-state index contributed by atoms with van der Waals surface area (Å²) >= 11 is 12.5. The molecule has 3 fully saturated rings. The number of carbonyl (C=O) groups is 4. The van der Waals surface area contributed by atoms with Crippen molar-refractivity contribution in [2.45, 2.75) is 6.42 Å². The lowest BCUT2D eigenvalue weighted by atomic mass is 9.49. The van der Waals surface area contributed by atoms with Crippen molar-refractivity contribution in [2.75, 3.05) is 9.80 Å². The molecule has 9 rings (SSSR count). The summed E-state index contributed by atoms with van der Waals surface area (Å²) in [7, 11) is 0.